The molecule has 0 N–H and O–H groups in total. The summed E-state index contributed by atoms with van der Waals surface area (Å²) in [5, 5.41) is 6.21. The van der Waals surface area contributed by atoms with Gasteiger partial charge in [0.1, 0.15) is 0 Å². The number of hydrogen-bond donors (Lipinski definition) is 0. The summed E-state index contributed by atoms with van der Waals surface area (Å²) in [6.07, 6.45) is 2.85. The zero-order valence-corrected chi connectivity index (χ0v) is 15.1. The SMILES string of the molecule is C[CH2][Ge]([CH2]C)([CH2]CCN(C)C)[CH2]CCN(C)C. The second-order valence-electron chi connectivity index (χ2n) is 6.02. The summed E-state index contributed by atoms with van der Waals surface area (Å²) >= 11 is -1.47. The van der Waals surface area contributed by atoms with Crippen LogP contribution in [0.1, 0.15) is 26.7 Å². The van der Waals surface area contributed by atoms with Gasteiger partial charge in [-0.3, -0.25) is 0 Å². The minimum atomic E-state index is -1.47. The molecule has 3 heteroatoms. The molecule has 0 heterocycles. The van der Waals surface area contributed by atoms with Gasteiger partial charge in [0.25, 0.3) is 0 Å². The van der Waals surface area contributed by atoms with Gasteiger partial charge < -0.3 is 0 Å². The number of hydrogen-bond acceptors (Lipinski definition) is 2. The molecular weight excluding hydrogens is 269 g/mol. The predicted molar refractivity (Wildman–Crippen MR) is 82.7 cm³/mol. The zero-order chi connectivity index (χ0) is 13.3. The van der Waals surface area contributed by atoms with Crippen molar-refractivity contribution in [2.75, 3.05) is 41.3 Å². The van der Waals surface area contributed by atoms with Crippen LogP contribution < -0.4 is 0 Å². The average Bonchev–Trinajstić information content (AvgIpc) is 2.26. The maximum absolute atomic E-state index is 2.45. The Labute approximate surface area is 112 Å². The van der Waals surface area contributed by atoms with Crippen LogP contribution in [0.4, 0.5) is 0 Å². The third-order valence-corrected chi connectivity index (χ3v) is 16.4. The summed E-state index contributed by atoms with van der Waals surface area (Å²) in [6, 6.07) is 0. The van der Waals surface area contributed by atoms with Crippen LogP contribution in [0.15, 0.2) is 0 Å². The van der Waals surface area contributed by atoms with E-state index in [4.69, 9.17) is 0 Å². The molecule has 0 aromatic carbocycles. The van der Waals surface area contributed by atoms with E-state index >= 15 is 0 Å². The van der Waals surface area contributed by atoms with E-state index in [9.17, 15) is 0 Å². The predicted octanol–water partition coefficient (Wildman–Crippen LogP) is 3.38. The van der Waals surface area contributed by atoms with Crippen molar-refractivity contribution >= 4 is 13.3 Å². The van der Waals surface area contributed by atoms with Gasteiger partial charge in [0.2, 0.25) is 0 Å². The summed E-state index contributed by atoms with van der Waals surface area (Å²) in [5.74, 6) is 0. The van der Waals surface area contributed by atoms with Crippen molar-refractivity contribution in [3.05, 3.63) is 0 Å². The van der Waals surface area contributed by atoms with Crippen LogP contribution in [0.25, 0.3) is 0 Å². The summed E-state index contributed by atoms with van der Waals surface area (Å²) in [5.41, 5.74) is 0. The monoisotopic (exact) mass is 304 g/mol. The fourth-order valence-electron chi connectivity index (χ4n) is 2.62. The fraction of sp³-hybridized carbons (Fsp3) is 1.00. The molecule has 0 fully saturated rings. The summed E-state index contributed by atoms with van der Waals surface area (Å²) in [4.78, 5) is 4.66. The van der Waals surface area contributed by atoms with Crippen molar-refractivity contribution in [2.24, 2.45) is 0 Å². The molecule has 2 nitrogen and oxygen atoms in total. The van der Waals surface area contributed by atoms with Crippen LogP contribution in [0.2, 0.25) is 21.0 Å². The molecule has 0 aliphatic heterocycles. The second-order valence-corrected chi connectivity index (χ2v) is 17.4. The number of rotatable bonds is 10. The molecule has 0 aliphatic carbocycles. The Balaban J connectivity index is 4.06. The van der Waals surface area contributed by atoms with Crippen LogP contribution in [0.5, 0.6) is 0 Å². The third kappa shape index (κ3) is 8.22. The van der Waals surface area contributed by atoms with Crippen LogP contribution in [0.3, 0.4) is 0 Å². The van der Waals surface area contributed by atoms with Crippen molar-refractivity contribution in [3.8, 4) is 0 Å². The summed E-state index contributed by atoms with van der Waals surface area (Å²) < 4.78 is 0. The van der Waals surface area contributed by atoms with E-state index < -0.39 is 13.3 Å². The van der Waals surface area contributed by atoms with Crippen molar-refractivity contribution < 1.29 is 0 Å². The van der Waals surface area contributed by atoms with Gasteiger partial charge >= 0.3 is 112 Å². The first-order valence-corrected chi connectivity index (χ1v) is 13.2. The third-order valence-electron chi connectivity index (χ3n) is 4.12. The van der Waals surface area contributed by atoms with E-state index in [0.717, 1.165) is 0 Å². The molecule has 0 rings (SSSR count). The minimum absolute atomic E-state index is 1.28. The standard InChI is InChI=1S/C14H34GeN2/c1-7-15(8-2,11-9-13-16(3)4)12-10-14-17(5)6/h7-14H2,1-6H3. The van der Waals surface area contributed by atoms with Gasteiger partial charge in [-0.25, -0.2) is 0 Å². The molecule has 0 aliphatic rings. The summed E-state index contributed by atoms with van der Waals surface area (Å²) in [7, 11) is 8.77. The Morgan fingerprint density at radius 3 is 1.29 bits per heavy atom. The van der Waals surface area contributed by atoms with Crippen molar-refractivity contribution in [1.29, 1.82) is 0 Å². The Kier molecular flexibility index (Phi) is 9.66. The van der Waals surface area contributed by atoms with Crippen molar-refractivity contribution in [2.45, 2.75) is 47.7 Å². The topological polar surface area (TPSA) is 6.48 Å². The average molecular weight is 303 g/mol. The van der Waals surface area contributed by atoms with Crippen LogP contribution in [-0.4, -0.2) is 64.3 Å². The second kappa shape index (κ2) is 9.40. The molecule has 0 saturated heterocycles. The first kappa shape index (κ1) is 17.5. The normalized spacial score (nSPS) is 12.7. The summed E-state index contributed by atoms with van der Waals surface area (Å²) in [6.45, 7) is 7.46. The molecule has 104 valence electrons. The Morgan fingerprint density at radius 1 is 0.706 bits per heavy atom. The fourth-order valence-corrected chi connectivity index (χ4v) is 11.0. The van der Waals surface area contributed by atoms with Crippen LogP contribution in [0, 0.1) is 0 Å². The van der Waals surface area contributed by atoms with E-state index in [0.29, 0.717) is 0 Å². The molecule has 17 heavy (non-hydrogen) atoms. The zero-order valence-electron chi connectivity index (χ0n) is 13.1. The van der Waals surface area contributed by atoms with Crippen LogP contribution in [-0.2, 0) is 0 Å². The molecule has 0 saturated carbocycles. The molecule has 0 bridgehead atoms. The molecule has 0 spiro atoms. The first-order valence-electron chi connectivity index (χ1n) is 7.25. The van der Waals surface area contributed by atoms with E-state index in [2.05, 4.69) is 51.8 Å². The molecule has 0 radical (unpaired) electrons. The van der Waals surface area contributed by atoms with Crippen molar-refractivity contribution in [3.63, 3.8) is 0 Å². The maximum atomic E-state index is 2.45. The molecule has 0 unspecified atom stereocenters. The van der Waals surface area contributed by atoms with Gasteiger partial charge in [0.05, 0.1) is 0 Å². The van der Waals surface area contributed by atoms with E-state index in [1.54, 1.807) is 10.5 Å². The Morgan fingerprint density at radius 2 is 1.06 bits per heavy atom. The van der Waals surface area contributed by atoms with E-state index in [-0.39, 0.29) is 0 Å². The first-order chi connectivity index (χ1) is 7.95. The van der Waals surface area contributed by atoms with E-state index in [1.165, 1.54) is 36.4 Å². The molecule has 0 aromatic heterocycles. The quantitative estimate of drug-likeness (QED) is 0.571. The van der Waals surface area contributed by atoms with Gasteiger partial charge in [0.15, 0.2) is 0 Å². The molecular formula is C14H34GeN2. The number of nitrogens with zero attached hydrogens (tertiary/aromatic N) is 2. The van der Waals surface area contributed by atoms with Gasteiger partial charge in [-0.05, 0) is 0 Å². The molecule has 0 atom stereocenters. The van der Waals surface area contributed by atoms with Gasteiger partial charge in [-0.2, -0.15) is 0 Å². The van der Waals surface area contributed by atoms with Crippen LogP contribution >= 0.6 is 0 Å². The van der Waals surface area contributed by atoms with Gasteiger partial charge in [0, 0.05) is 0 Å². The van der Waals surface area contributed by atoms with E-state index in [1.807, 2.05) is 0 Å². The Bertz CT molecular complexity index is 161. The Hall–Kier alpha value is 0.463. The van der Waals surface area contributed by atoms with Crippen molar-refractivity contribution in [1.82, 2.24) is 9.80 Å². The molecule has 0 amide bonds. The molecule has 0 aromatic rings. The van der Waals surface area contributed by atoms with Gasteiger partial charge in [-0.1, -0.05) is 0 Å². The van der Waals surface area contributed by atoms with Gasteiger partial charge in [-0.15, -0.1) is 0 Å².